The number of nitrogens with two attached hydrogens (primary N) is 1. The monoisotopic (exact) mass is 201 g/mol. The van der Waals surface area contributed by atoms with E-state index in [1.807, 2.05) is 0 Å². The van der Waals surface area contributed by atoms with Crippen molar-refractivity contribution in [1.29, 1.82) is 0 Å². The molecule has 3 N–H and O–H groups in total. The van der Waals surface area contributed by atoms with Gasteiger partial charge in [-0.3, -0.25) is 4.79 Å². The molecule has 0 rings (SSSR count). The SMILES string of the molecule is CCCCCCCC(N)C(=O)C(=O)O. The Morgan fingerprint density at radius 1 is 1.21 bits per heavy atom. The maximum Gasteiger partial charge on any atom is 0.373 e. The zero-order chi connectivity index (χ0) is 11.0. The van der Waals surface area contributed by atoms with Crippen LogP contribution in [0.5, 0.6) is 0 Å². The van der Waals surface area contributed by atoms with Gasteiger partial charge in [0.1, 0.15) is 0 Å². The number of rotatable bonds is 8. The van der Waals surface area contributed by atoms with Gasteiger partial charge in [-0.25, -0.2) is 4.79 Å². The summed E-state index contributed by atoms with van der Waals surface area (Å²) in [5, 5.41) is 8.36. The molecule has 0 saturated heterocycles. The Bertz CT molecular complexity index is 192. The first-order valence-electron chi connectivity index (χ1n) is 5.12. The molecule has 0 aliphatic heterocycles. The number of carboxylic acids is 1. The maximum atomic E-state index is 10.8. The second kappa shape index (κ2) is 7.50. The molecule has 0 aromatic rings. The number of aliphatic carboxylic acids is 1. The Labute approximate surface area is 84.5 Å². The van der Waals surface area contributed by atoms with Crippen molar-refractivity contribution in [2.45, 2.75) is 51.5 Å². The van der Waals surface area contributed by atoms with Crippen LogP contribution in [0.3, 0.4) is 0 Å². The first-order valence-corrected chi connectivity index (χ1v) is 5.12. The minimum atomic E-state index is -1.42. The van der Waals surface area contributed by atoms with Gasteiger partial charge in [-0.15, -0.1) is 0 Å². The molecule has 1 atom stereocenters. The second-order valence-corrected chi connectivity index (χ2v) is 3.48. The summed E-state index contributed by atoms with van der Waals surface area (Å²) in [5.41, 5.74) is 5.40. The van der Waals surface area contributed by atoms with Crippen LogP contribution < -0.4 is 5.73 Å². The van der Waals surface area contributed by atoms with Crippen LogP contribution in [0, 0.1) is 0 Å². The van der Waals surface area contributed by atoms with Crippen LogP contribution in [0.15, 0.2) is 0 Å². The molecule has 0 heterocycles. The number of carbonyl (C=O) groups excluding carboxylic acids is 1. The second-order valence-electron chi connectivity index (χ2n) is 3.48. The molecule has 0 aromatic heterocycles. The normalized spacial score (nSPS) is 12.4. The van der Waals surface area contributed by atoms with E-state index in [4.69, 9.17) is 10.8 Å². The molecule has 0 fully saturated rings. The van der Waals surface area contributed by atoms with E-state index >= 15 is 0 Å². The van der Waals surface area contributed by atoms with E-state index < -0.39 is 17.8 Å². The van der Waals surface area contributed by atoms with Crippen LogP contribution in [-0.2, 0) is 9.59 Å². The third-order valence-corrected chi connectivity index (χ3v) is 2.17. The fourth-order valence-electron chi connectivity index (χ4n) is 1.26. The van der Waals surface area contributed by atoms with Gasteiger partial charge in [-0.2, -0.15) is 0 Å². The van der Waals surface area contributed by atoms with Crippen LogP contribution >= 0.6 is 0 Å². The van der Waals surface area contributed by atoms with E-state index in [1.54, 1.807) is 0 Å². The van der Waals surface area contributed by atoms with E-state index in [9.17, 15) is 9.59 Å². The molecule has 0 bridgehead atoms. The Kier molecular flexibility index (Phi) is 7.02. The average molecular weight is 201 g/mol. The van der Waals surface area contributed by atoms with Gasteiger partial charge < -0.3 is 10.8 Å². The molecule has 82 valence electrons. The molecule has 4 nitrogen and oxygen atoms in total. The van der Waals surface area contributed by atoms with E-state index in [-0.39, 0.29) is 0 Å². The van der Waals surface area contributed by atoms with E-state index in [1.165, 1.54) is 12.8 Å². The van der Waals surface area contributed by atoms with Crippen molar-refractivity contribution >= 4 is 11.8 Å². The highest BCUT2D eigenvalue weighted by Gasteiger charge is 2.19. The highest BCUT2D eigenvalue weighted by Crippen LogP contribution is 2.06. The largest absolute Gasteiger partial charge is 0.475 e. The van der Waals surface area contributed by atoms with Crippen molar-refractivity contribution in [1.82, 2.24) is 0 Å². The number of hydrogen-bond donors (Lipinski definition) is 2. The summed E-state index contributed by atoms with van der Waals surface area (Å²) in [7, 11) is 0. The van der Waals surface area contributed by atoms with Gasteiger partial charge in [-0.05, 0) is 6.42 Å². The third-order valence-electron chi connectivity index (χ3n) is 2.17. The van der Waals surface area contributed by atoms with Crippen molar-refractivity contribution in [2.75, 3.05) is 0 Å². The lowest BCUT2D eigenvalue weighted by Gasteiger charge is -2.06. The topological polar surface area (TPSA) is 80.4 Å². The Morgan fingerprint density at radius 2 is 1.79 bits per heavy atom. The van der Waals surface area contributed by atoms with Gasteiger partial charge in [0.2, 0.25) is 0 Å². The summed E-state index contributed by atoms with van der Waals surface area (Å²) in [5.74, 6) is -2.30. The van der Waals surface area contributed by atoms with Gasteiger partial charge in [-0.1, -0.05) is 39.0 Å². The fourth-order valence-corrected chi connectivity index (χ4v) is 1.26. The van der Waals surface area contributed by atoms with Crippen molar-refractivity contribution in [3.63, 3.8) is 0 Å². The van der Waals surface area contributed by atoms with E-state index in [0.717, 1.165) is 19.3 Å². The van der Waals surface area contributed by atoms with Crippen molar-refractivity contribution < 1.29 is 14.7 Å². The smallest absolute Gasteiger partial charge is 0.373 e. The van der Waals surface area contributed by atoms with E-state index in [2.05, 4.69) is 6.92 Å². The molecule has 0 aliphatic carbocycles. The summed E-state index contributed by atoms with van der Waals surface area (Å²) in [6, 6.07) is -0.825. The van der Waals surface area contributed by atoms with Crippen LogP contribution in [-0.4, -0.2) is 22.9 Å². The van der Waals surface area contributed by atoms with Gasteiger partial charge in [0, 0.05) is 0 Å². The Balaban J connectivity index is 3.49. The molecule has 1 unspecified atom stereocenters. The number of carbonyl (C=O) groups is 2. The number of Topliss-reactive ketones (excluding diaryl/α,β-unsaturated/α-hetero) is 1. The molecular formula is C10H19NO3. The summed E-state index contributed by atoms with van der Waals surface area (Å²) < 4.78 is 0. The van der Waals surface area contributed by atoms with Gasteiger partial charge >= 0.3 is 5.97 Å². The molecule has 4 heteroatoms. The third kappa shape index (κ3) is 5.70. The van der Waals surface area contributed by atoms with Crippen LogP contribution in [0.1, 0.15) is 45.4 Å². The first kappa shape index (κ1) is 13.1. The summed E-state index contributed by atoms with van der Waals surface area (Å²) in [4.78, 5) is 21.1. The number of hydrogen-bond acceptors (Lipinski definition) is 3. The highest BCUT2D eigenvalue weighted by atomic mass is 16.4. The molecule has 14 heavy (non-hydrogen) atoms. The minimum absolute atomic E-state index is 0.481. The number of carboxylic acid groups (broad SMARTS) is 1. The molecule has 0 aliphatic rings. The molecule has 0 amide bonds. The summed E-state index contributed by atoms with van der Waals surface area (Å²) in [6.45, 7) is 2.12. The highest BCUT2D eigenvalue weighted by molar-refractivity contribution is 6.34. The standard InChI is InChI=1S/C10H19NO3/c1-2-3-4-5-6-7-8(11)9(12)10(13)14/h8H,2-7,11H2,1H3,(H,13,14). The van der Waals surface area contributed by atoms with Crippen molar-refractivity contribution in [3.8, 4) is 0 Å². The van der Waals surface area contributed by atoms with Gasteiger partial charge in [0.05, 0.1) is 6.04 Å². The predicted molar refractivity (Wildman–Crippen MR) is 54.0 cm³/mol. The van der Waals surface area contributed by atoms with Crippen molar-refractivity contribution in [3.05, 3.63) is 0 Å². The number of unbranched alkanes of at least 4 members (excludes halogenated alkanes) is 4. The van der Waals surface area contributed by atoms with E-state index in [0.29, 0.717) is 6.42 Å². The fraction of sp³-hybridized carbons (Fsp3) is 0.800. The molecule has 0 aromatic carbocycles. The minimum Gasteiger partial charge on any atom is -0.475 e. The van der Waals surface area contributed by atoms with Crippen LogP contribution in [0.25, 0.3) is 0 Å². The Morgan fingerprint density at radius 3 is 2.29 bits per heavy atom. The van der Waals surface area contributed by atoms with Gasteiger partial charge in [0.15, 0.2) is 0 Å². The molecular weight excluding hydrogens is 182 g/mol. The zero-order valence-electron chi connectivity index (χ0n) is 8.66. The van der Waals surface area contributed by atoms with Crippen LogP contribution in [0.4, 0.5) is 0 Å². The quantitative estimate of drug-likeness (QED) is 0.458. The average Bonchev–Trinajstić information content (AvgIpc) is 2.16. The lowest BCUT2D eigenvalue weighted by molar-refractivity contribution is -0.149. The molecule has 0 radical (unpaired) electrons. The Hall–Kier alpha value is -0.900. The zero-order valence-corrected chi connectivity index (χ0v) is 8.66. The maximum absolute atomic E-state index is 10.8. The summed E-state index contributed by atoms with van der Waals surface area (Å²) in [6.07, 6.45) is 5.82. The van der Waals surface area contributed by atoms with Gasteiger partial charge in [0.25, 0.3) is 5.78 Å². The van der Waals surface area contributed by atoms with Crippen LogP contribution in [0.2, 0.25) is 0 Å². The lowest BCUT2D eigenvalue weighted by atomic mass is 10.0. The van der Waals surface area contributed by atoms with Crippen molar-refractivity contribution in [2.24, 2.45) is 5.73 Å². The first-order chi connectivity index (χ1) is 6.59. The molecule has 0 spiro atoms. The molecule has 0 saturated carbocycles. The summed E-state index contributed by atoms with van der Waals surface area (Å²) >= 11 is 0. The lowest BCUT2D eigenvalue weighted by Crippen LogP contribution is -2.35. The number of ketones is 1. The predicted octanol–water partition coefficient (Wildman–Crippen LogP) is 1.33.